The van der Waals surface area contributed by atoms with Crippen LogP contribution in [-0.4, -0.2) is 27.4 Å². The minimum absolute atomic E-state index is 0.153. The third kappa shape index (κ3) is 4.53. The Morgan fingerprint density at radius 2 is 1.88 bits per heavy atom. The van der Waals surface area contributed by atoms with E-state index in [4.69, 9.17) is 0 Å². The van der Waals surface area contributed by atoms with Crippen molar-refractivity contribution in [3.8, 4) is 0 Å². The Hall–Kier alpha value is -3.56. The van der Waals surface area contributed by atoms with Gasteiger partial charge in [-0.3, -0.25) is 9.78 Å². The maximum absolute atomic E-state index is 13.1. The average molecular weight is 445 g/mol. The highest BCUT2D eigenvalue weighted by Crippen LogP contribution is 2.35. The molecule has 0 radical (unpaired) electrons. The molecule has 1 N–H and O–H groups in total. The average Bonchev–Trinajstić information content (AvgIpc) is 2.78. The molecule has 2 aromatic heterocycles. The maximum Gasteiger partial charge on any atom is 0.433 e. The molecule has 0 spiro atoms. The van der Waals surface area contributed by atoms with Crippen LogP contribution in [0.2, 0.25) is 0 Å². The number of anilines is 2. The van der Waals surface area contributed by atoms with Gasteiger partial charge in [0, 0.05) is 18.2 Å². The summed E-state index contributed by atoms with van der Waals surface area (Å²) in [5, 5.41) is 2.82. The summed E-state index contributed by atoms with van der Waals surface area (Å²) in [6.07, 6.45) is -2.32. The number of halogens is 4. The molecule has 1 unspecified atom stereocenters. The van der Waals surface area contributed by atoms with Gasteiger partial charge in [-0.2, -0.15) is 13.2 Å². The fraction of sp³-hybridized carbons (Fsp3) is 0.273. The van der Waals surface area contributed by atoms with E-state index in [9.17, 15) is 22.4 Å². The van der Waals surface area contributed by atoms with Gasteiger partial charge in [0.05, 0.1) is 23.1 Å². The van der Waals surface area contributed by atoms with E-state index in [-0.39, 0.29) is 11.7 Å². The van der Waals surface area contributed by atoms with Gasteiger partial charge in [-0.1, -0.05) is 0 Å². The zero-order chi connectivity index (χ0) is 22.9. The van der Waals surface area contributed by atoms with E-state index in [2.05, 4.69) is 20.3 Å². The topological polar surface area (TPSA) is 71.0 Å². The van der Waals surface area contributed by atoms with E-state index >= 15 is 0 Å². The van der Waals surface area contributed by atoms with Crippen molar-refractivity contribution in [2.24, 2.45) is 0 Å². The largest absolute Gasteiger partial charge is 0.433 e. The molecule has 0 aliphatic carbocycles. The molecule has 32 heavy (non-hydrogen) atoms. The predicted octanol–water partition coefficient (Wildman–Crippen LogP) is 4.60. The van der Waals surface area contributed by atoms with Crippen LogP contribution in [0.4, 0.5) is 29.1 Å². The lowest BCUT2D eigenvalue weighted by atomic mass is 10.0. The van der Waals surface area contributed by atoms with Gasteiger partial charge in [0.25, 0.3) is 5.91 Å². The lowest BCUT2D eigenvalue weighted by Gasteiger charge is -2.30. The van der Waals surface area contributed by atoms with Crippen LogP contribution in [0, 0.1) is 5.82 Å². The van der Waals surface area contributed by atoms with Gasteiger partial charge in [0.15, 0.2) is 0 Å². The van der Waals surface area contributed by atoms with Crippen LogP contribution < -0.4 is 10.2 Å². The molecule has 1 aliphatic heterocycles. The van der Waals surface area contributed by atoms with E-state index < -0.39 is 23.7 Å². The number of carbonyl (C=O) groups excluding carboxylic acids is 1. The number of rotatable bonds is 4. The van der Waals surface area contributed by atoms with Gasteiger partial charge in [0.2, 0.25) is 0 Å². The first kappa shape index (κ1) is 21.7. The quantitative estimate of drug-likeness (QED) is 0.594. The Labute approximate surface area is 181 Å². The van der Waals surface area contributed by atoms with E-state index in [0.717, 1.165) is 12.4 Å². The van der Waals surface area contributed by atoms with Crippen molar-refractivity contribution in [2.45, 2.75) is 32.0 Å². The van der Waals surface area contributed by atoms with Crippen molar-refractivity contribution >= 4 is 17.4 Å². The Kier molecular flexibility index (Phi) is 5.77. The smallest absolute Gasteiger partial charge is 0.344 e. The summed E-state index contributed by atoms with van der Waals surface area (Å²) >= 11 is 0. The van der Waals surface area contributed by atoms with E-state index in [0.29, 0.717) is 42.0 Å². The lowest BCUT2D eigenvalue weighted by Crippen LogP contribution is -2.29. The number of alkyl halides is 3. The van der Waals surface area contributed by atoms with Crippen LogP contribution in [0.25, 0.3) is 0 Å². The molecule has 0 saturated carbocycles. The number of amides is 1. The molecular weight excluding hydrogens is 426 g/mol. The molecule has 3 aromatic rings. The zero-order valence-electron chi connectivity index (χ0n) is 17.0. The van der Waals surface area contributed by atoms with E-state index in [1.807, 2.05) is 0 Å². The Balaban J connectivity index is 1.55. The number of nitrogens with one attached hydrogen (secondary N) is 1. The standard InChI is InChI=1S/C22H19F4N5O/c1-13(29-21(32)14-4-6-15(23)7-5-14)16-8-9-18-17(30-16)3-2-10-31(18)20-11-19(22(24,25)26)27-12-28-20/h4-9,11-13H,2-3,10H2,1H3,(H,29,32). The molecule has 166 valence electrons. The first-order valence-corrected chi connectivity index (χ1v) is 9.95. The number of hydrogen-bond acceptors (Lipinski definition) is 5. The Morgan fingerprint density at radius 3 is 2.59 bits per heavy atom. The van der Waals surface area contributed by atoms with Gasteiger partial charge in [-0.15, -0.1) is 0 Å². The molecule has 1 amide bonds. The number of pyridine rings is 1. The van der Waals surface area contributed by atoms with Crippen molar-refractivity contribution in [1.82, 2.24) is 20.3 Å². The second-order valence-electron chi connectivity index (χ2n) is 7.42. The van der Waals surface area contributed by atoms with Gasteiger partial charge in [-0.05, 0) is 56.2 Å². The second kappa shape index (κ2) is 8.52. The van der Waals surface area contributed by atoms with Crippen molar-refractivity contribution in [1.29, 1.82) is 0 Å². The number of hydrogen-bond donors (Lipinski definition) is 1. The first-order chi connectivity index (χ1) is 15.2. The second-order valence-corrected chi connectivity index (χ2v) is 7.42. The van der Waals surface area contributed by atoms with Gasteiger partial charge in [-0.25, -0.2) is 14.4 Å². The molecule has 0 saturated heterocycles. The lowest BCUT2D eigenvalue weighted by molar-refractivity contribution is -0.141. The Bertz CT molecular complexity index is 1130. The number of aromatic nitrogens is 3. The highest BCUT2D eigenvalue weighted by atomic mass is 19.4. The summed E-state index contributed by atoms with van der Waals surface area (Å²) in [5.41, 5.74) is 1.32. The number of fused-ring (bicyclic) bond motifs is 1. The van der Waals surface area contributed by atoms with Gasteiger partial charge in [0.1, 0.15) is 23.7 Å². The van der Waals surface area contributed by atoms with Crippen LogP contribution in [0.3, 0.4) is 0 Å². The summed E-state index contributed by atoms with van der Waals surface area (Å²) in [6.45, 7) is 2.27. The van der Waals surface area contributed by atoms with Gasteiger partial charge >= 0.3 is 6.18 Å². The maximum atomic E-state index is 13.1. The highest BCUT2D eigenvalue weighted by Gasteiger charge is 2.34. The SMILES string of the molecule is CC(NC(=O)c1ccc(F)cc1)c1ccc2c(n1)CCCN2c1cc(C(F)(F)F)ncn1. The van der Waals surface area contributed by atoms with Crippen LogP contribution in [0.1, 0.15) is 46.8 Å². The minimum Gasteiger partial charge on any atom is -0.344 e. The summed E-state index contributed by atoms with van der Waals surface area (Å²) < 4.78 is 52.2. The molecule has 10 heteroatoms. The number of aryl methyl sites for hydroxylation is 1. The normalized spacial score (nSPS) is 14.6. The summed E-state index contributed by atoms with van der Waals surface area (Å²) in [5.74, 6) is -0.638. The first-order valence-electron chi connectivity index (χ1n) is 9.95. The van der Waals surface area contributed by atoms with Crippen LogP contribution in [-0.2, 0) is 12.6 Å². The molecule has 1 atom stereocenters. The molecule has 6 nitrogen and oxygen atoms in total. The molecule has 1 aromatic carbocycles. The van der Waals surface area contributed by atoms with Crippen LogP contribution >= 0.6 is 0 Å². The molecule has 0 bridgehead atoms. The molecular formula is C22H19F4N5O. The van der Waals surface area contributed by atoms with Crippen LogP contribution in [0.15, 0.2) is 48.8 Å². The minimum atomic E-state index is -4.56. The number of nitrogens with zero attached hydrogens (tertiary/aromatic N) is 4. The number of benzene rings is 1. The monoisotopic (exact) mass is 445 g/mol. The van der Waals surface area contributed by atoms with Crippen LogP contribution in [0.5, 0.6) is 0 Å². The predicted molar refractivity (Wildman–Crippen MR) is 109 cm³/mol. The summed E-state index contributed by atoms with van der Waals surface area (Å²) in [6, 6.07) is 9.20. The van der Waals surface area contributed by atoms with E-state index in [1.54, 1.807) is 24.0 Å². The van der Waals surface area contributed by atoms with Crippen molar-refractivity contribution < 1.29 is 22.4 Å². The van der Waals surface area contributed by atoms with Gasteiger partial charge < -0.3 is 10.2 Å². The highest BCUT2D eigenvalue weighted by molar-refractivity contribution is 5.94. The van der Waals surface area contributed by atoms with Crippen molar-refractivity contribution in [2.75, 3.05) is 11.4 Å². The summed E-state index contributed by atoms with van der Waals surface area (Å²) in [7, 11) is 0. The van der Waals surface area contributed by atoms with E-state index in [1.165, 1.54) is 24.3 Å². The van der Waals surface area contributed by atoms with Crippen molar-refractivity contribution in [3.63, 3.8) is 0 Å². The fourth-order valence-electron chi connectivity index (χ4n) is 3.55. The molecule has 4 rings (SSSR count). The third-order valence-corrected chi connectivity index (χ3v) is 5.18. The Morgan fingerprint density at radius 1 is 1.12 bits per heavy atom. The molecule has 0 fully saturated rings. The van der Waals surface area contributed by atoms with Crippen molar-refractivity contribution in [3.05, 3.63) is 77.3 Å². The third-order valence-electron chi connectivity index (χ3n) is 5.18. The molecule has 3 heterocycles. The fourth-order valence-corrected chi connectivity index (χ4v) is 3.55. The molecule has 1 aliphatic rings. The zero-order valence-corrected chi connectivity index (χ0v) is 17.0. The number of carbonyl (C=O) groups is 1. The summed E-state index contributed by atoms with van der Waals surface area (Å²) in [4.78, 5) is 26.1.